The van der Waals surface area contributed by atoms with Crippen LogP contribution in [0.25, 0.3) is 0 Å². The topological polar surface area (TPSA) is 106 Å². The molecular weight excluding hydrogens is 473 g/mol. The van der Waals surface area contributed by atoms with E-state index in [0.29, 0.717) is 36.7 Å². The number of nitrogens with zero attached hydrogens (tertiary/aromatic N) is 1. The maximum Gasteiger partial charge on any atom is 0.340 e. The molecular formula is C19H22Cl3N3O4S. The van der Waals surface area contributed by atoms with Crippen molar-refractivity contribution in [1.82, 2.24) is 4.90 Å². The molecule has 0 spiro atoms. The number of ether oxygens (including phenoxy) is 1. The fourth-order valence-corrected chi connectivity index (χ4v) is 5.05. The number of nitrogens with one attached hydrogen (secondary N) is 1. The van der Waals surface area contributed by atoms with Crippen LogP contribution < -0.4 is 14.7 Å². The molecule has 0 aliphatic carbocycles. The first kappa shape index (κ1) is 24.4. The summed E-state index contributed by atoms with van der Waals surface area (Å²) in [6.07, 6.45) is 1.43. The summed E-state index contributed by atoms with van der Waals surface area (Å²) >= 11 is 12.3. The SMILES string of the molecule is COc1c(OS(=O)(=O)c2ccccc2Cl)cc(Cl)cc1C1CCN(C(=N)N)CC1.Cl. The number of benzene rings is 2. The smallest absolute Gasteiger partial charge is 0.340 e. The predicted molar refractivity (Wildman–Crippen MR) is 120 cm³/mol. The van der Waals surface area contributed by atoms with Crippen LogP contribution in [0.3, 0.4) is 0 Å². The minimum absolute atomic E-state index is 0. The molecule has 1 aliphatic rings. The largest absolute Gasteiger partial charge is 0.492 e. The van der Waals surface area contributed by atoms with E-state index in [0.717, 1.165) is 5.56 Å². The van der Waals surface area contributed by atoms with E-state index in [1.54, 1.807) is 23.1 Å². The average Bonchev–Trinajstić information content (AvgIpc) is 2.67. The Labute approximate surface area is 192 Å². The van der Waals surface area contributed by atoms with Crippen molar-refractivity contribution in [2.75, 3.05) is 20.2 Å². The molecule has 0 aromatic heterocycles. The van der Waals surface area contributed by atoms with Crippen molar-refractivity contribution in [3.8, 4) is 11.5 Å². The van der Waals surface area contributed by atoms with Gasteiger partial charge < -0.3 is 19.6 Å². The van der Waals surface area contributed by atoms with Crippen LogP contribution >= 0.6 is 35.6 Å². The lowest BCUT2D eigenvalue weighted by Crippen LogP contribution is -2.41. The van der Waals surface area contributed by atoms with Crippen LogP contribution in [0.4, 0.5) is 0 Å². The van der Waals surface area contributed by atoms with Crippen molar-refractivity contribution in [1.29, 1.82) is 5.41 Å². The van der Waals surface area contributed by atoms with E-state index >= 15 is 0 Å². The van der Waals surface area contributed by atoms with Crippen LogP contribution in [0.2, 0.25) is 10.0 Å². The number of hydrogen-bond donors (Lipinski definition) is 2. The van der Waals surface area contributed by atoms with E-state index in [2.05, 4.69) is 0 Å². The van der Waals surface area contributed by atoms with Crippen LogP contribution in [0, 0.1) is 5.41 Å². The van der Waals surface area contributed by atoms with E-state index in [1.807, 2.05) is 0 Å². The number of piperidine rings is 1. The van der Waals surface area contributed by atoms with Gasteiger partial charge in [0.05, 0.1) is 12.1 Å². The van der Waals surface area contributed by atoms with E-state index in [4.69, 9.17) is 43.3 Å². The van der Waals surface area contributed by atoms with Crippen molar-refractivity contribution >= 4 is 51.7 Å². The normalized spacial score (nSPS) is 14.7. The molecule has 30 heavy (non-hydrogen) atoms. The maximum absolute atomic E-state index is 12.8. The maximum atomic E-state index is 12.8. The highest BCUT2D eigenvalue weighted by Gasteiger charge is 2.28. The molecule has 1 aliphatic heterocycles. The predicted octanol–water partition coefficient (Wildman–Crippen LogP) is 4.26. The van der Waals surface area contributed by atoms with Gasteiger partial charge in [0.15, 0.2) is 17.5 Å². The minimum atomic E-state index is -4.18. The molecule has 0 bridgehead atoms. The highest BCUT2D eigenvalue weighted by Crippen LogP contribution is 2.43. The van der Waals surface area contributed by atoms with E-state index in [1.165, 1.54) is 25.3 Å². The number of hydrogen-bond acceptors (Lipinski definition) is 5. The van der Waals surface area contributed by atoms with Gasteiger partial charge in [0, 0.05) is 29.7 Å². The lowest BCUT2D eigenvalue weighted by atomic mass is 9.88. The van der Waals surface area contributed by atoms with Gasteiger partial charge in [0.25, 0.3) is 0 Å². The molecule has 0 saturated carbocycles. The Kier molecular flexibility index (Phi) is 8.10. The summed E-state index contributed by atoms with van der Waals surface area (Å²) < 4.78 is 36.4. The lowest BCUT2D eigenvalue weighted by Gasteiger charge is -2.33. The zero-order valence-electron chi connectivity index (χ0n) is 16.1. The third-order valence-electron chi connectivity index (χ3n) is 4.83. The van der Waals surface area contributed by atoms with Crippen molar-refractivity contribution < 1.29 is 17.3 Å². The molecule has 2 aromatic carbocycles. The number of halogens is 3. The van der Waals surface area contributed by atoms with Gasteiger partial charge in [-0.2, -0.15) is 8.42 Å². The Balaban J connectivity index is 0.00000320. The number of likely N-dealkylation sites (tertiary alicyclic amines) is 1. The molecule has 0 amide bonds. The molecule has 7 nitrogen and oxygen atoms in total. The Hall–Kier alpha value is -1.87. The first-order valence-corrected chi connectivity index (χ1v) is 11.0. The van der Waals surface area contributed by atoms with Gasteiger partial charge in [-0.05, 0) is 37.0 Å². The lowest BCUT2D eigenvalue weighted by molar-refractivity contribution is 0.301. The van der Waals surface area contributed by atoms with Gasteiger partial charge in [-0.15, -0.1) is 12.4 Å². The Morgan fingerprint density at radius 2 is 1.83 bits per heavy atom. The average molecular weight is 495 g/mol. The number of nitrogens with two attached hydrogens (primary N) is 1. The first-order valence-electron chi connectivity index (χ1n) is 8.88. The van der Waals surface area contributed by atoms with Gasteiger partial charge in [-0.25, -0.2) is 0 Å². The summed E-state index contributed by atoms with van der Waals surface area (Å²) in [5, 5.41) is 7.96. The third kappa shape index (κ3) is 5.24. The summed E-state index contributed by atoms with van der Waals surface area (Å²) in [5.74, 6) is 0.413. The quantitative estimate of drug-likeness (QED) is 0.365. The molecule has 0 unspecified atom stereocenters. The van der Waals surface area contributed by atoms with Gasteiger partial charge >= 0.3 is 10.1 Å². The third-order valence-corrected chi connectivity index (χ3v) is 6.79. The summed E-state index contributed by atoms with van der Waals surface area (Å²) in [7, 11) is -2.73. The van der Waals surface area contributed by atoms with Crippen LogP contribution in [0.1, 0.15) is 24.3 Å². The van der Waals surface area contributed by atoms with Crippen LogP contribution in [0.5, 0.6) is 11.5 Å². The first-order chi connectivity index (χ1) is 13.7. The summed E-state index contributed by atoms with van der Waals surface area (Å²) in [5.41, 5.74) is 6.32. The second kappa shape index (κ2) is 9.96. The van der Waals surface area contributed by atoms with E-state index < -0.39 is 10.1 Å². The number of rotatable bonds is 5. The molecule has 164 valence electrons. The number of guanidine groups is 1. The molecule has 2 aromatic rings. The molecule has 1 fully saturated rings. The molecule has 3 rings (SSSR count). The van der Waals surface area contributed by atoms with Gasteiger partial charge in [0.1, 0.15) is 4.90 Å². The fourth-order valence-electron chi connectivity index (χ4n) is 3.41. The summed E-state index contributed by atoms with van der Waals surface area (Å²) in [6.45, 7) is 1.23. The van der Waals surface area contributed by atoms with Crippen molar-refractivity contribution in [3.63, 3.8) is 0 Å². The molecule has 0 radical (unpaired) electrons. The second-order valence-corrected chi connectivity index (χ2v) is 9.00. The molecule has 1 heterocycles. The molecule has 1 saturated heterocycles. The Bertz CT molecular complexity index is 1030. The zero-order chi connectivity index (χ0) is 21.2. The highest BCUT2D eigenvalue weighted by molar-refractivity contribution is 7.87. The molecule has 11 heteroatoms. The second-order valence-electron chi connectivity index (χ2n) is 6.64. The van der Waals surface area contributed by atoms with Crippen LogP contribution in [-0.2, 0) is 10.1 Å². The van der Waals surface area contributed by atoms with Crippen LogP contribution in [0.15, 0.2) is 41.3 Å². The van der Waals surface area contributed by atoms with Crippen molar-refractivity contribution in [3.05, 3.63) is 52.0 Å². The van der Waals surface area contributed by atoms with Gasteiger partial charge in [-0.1, -0.05) is 35.3 Å². The van der Waals surface area contributed by atoms with Crippen molar-refractivity contribution in [2.24, 2.45) is 5.73 Å². The van der Waals surface area contributed by atoms with Gasteiger partial charge in [0.2, 0.25) is 0 Å². The summed E-state index contributed by atoms with van der Waals surface area (Å²) in [6, 6.07) is 9.19. The fraction of sp³-hybridized carbons (Fsp3) is 0.316. The Morgan fingerprint density at radius 1 is 1.20 bits per heavy atom. The standard InChI is InChI=1S/C19H21Cl2N3O4S.ClH/c1-27-18-14(12-6-8-24(9-7-12)19(22)23)10-13(20)11-16(18)28-29(25,26)17-5-3-2-4-15(17)21;/h2-5,10-12H,6-9H2,1H3,(H3,22,23);1H. The van der Waals surface area contributed by atoms with Gasteiger partial charge in [-0.3, -0.25) is 5.41 Å². The van der Waals surface area contributed by atoms with Crippen molar-refractivity contribution in [2.45, 2.75) is 23.7 Å². The highest BCUT2D eigenvalue weighted by atomic mass is 35.5. The van der Waals surface area contributed by atoms with E-state index in [-0.39, 0.29) is 40.0 Å². The zero-order valence-corrected chi connectivity index (χ0v) is 19.2. The minimum Gasteiger partial charge on any atom is -0.492 e. The molecule has 0 atom stereocenters. The molecule has 3 N–H and O–H groups in total. The van der Waals surface area contributed by atoms with E-state index in [9.17, 15) is 8.42 Å². The number of methoxy groups -OCH3 is 1. The Morgan fingerprint density at radius 3 is 2.40 bits per heavy atom. The monoisotopic (exact) mass is 493 g/mol. The summed E-state index contributed by atoms with van der Waals surface area (Å²) in [4.78, 5) is 1.65. The van der Waals surface area contributed by atoms with Crippen LogP contribution in [-0.4, -0.2) is 39.5 Å².